The van der Waals surface area contributed by atoms with Crippen molar-refractivity contribution < 1.29 is 22.8 Å². The molecule has 4 aromatic rings. The Hall–Kier alpha value is -3.71. The molecule has 0 aliphatic rings. The lowest BCUT2D eigenvalue weighted by molar-refractivity contribution is 0.0539. The van der Waals surface area contributed by atoms with Gasteiger partial charge in [0.25, 0.3) is 5.91 Å². The summed E-state index contributed by atoms with van der Waals surface area (Å²) in [4.78, 5) is 17.6. The van der Waals surface area contributed by atoms with Crippen LogP contribution in [0.3, 0.4) is 0 Å². The summed E-state index contributed by atoms with van der Waals surface area (Å²) in [6.07, 6.45) is 0. The van der Waals surface area contributed by atoms with E-state index in [4.69, 9.17) is 9.25 Å². The maximum absolute atomic E-state index is 14.5. The Morgan fingerprint density at radius 1 is 1.00 bits per heavy atom. The van der Waals surface area contributed by atoms with E-state index in [1.807, 2.05) is 0 Å². The zero-order valence-corrected chi connectivity index (χ0v) is 16.3. The van der Waals surface area contributed by atoms with Crippen molar-refractivity contribution in [1.29, 1.82) is 0 Å². The van der Waals surface area contributed by atoms with Gasteiger partial charge in [0.1, 0.15) is 23.0 Å². The molecule has 30 heavy (non-hydrogen) atoms. The zero-order chi connectivity index (χ0) is 21.3. The molecule has 0 bridgehead atoms. The number of anilines is 1. The molecule has 0 atom stereocenters. The SMILES string of the molecule is CNc1cc2oc(-c3ccc(F)cc3)c(C(=O)NOC)c2cc1-c1ccccc1F. The minimum atomic E-state index is -0.535. The Morgan fingerprint density at radius 3 is 2.40 bits per heavy atom. The van der Waals surface area contributed by atoms with Crippen LogP contribution in [0.15, 0.2) is 65.1 Å². The molecule has 0 fully saturated rings. The molecule has 1 heterocycles. The highest BCUT2D eigenvalue weighted by Gasteiger charge is 2.24. The van der Waals surface area contributed by atoms with Crippen LogP contribution in [0.2, 0.25) is 0 Å². The molecule has 0 unspecified atom stereocenters. The van der Waals surface area contributed by atoms with Gasteiger partial charge in [0.15, 0.2) is 0 Å². The van der Waals surface area contributed by atoms with Gasteiger partial charge in [0.05, 0.1) is 12.7 Å². The number of benzene rings is 3. The number of carbonyl (C=O) groups excluding carboxylic acids is 1. The average Bonchev–Trinajstić information content (AvgIpc) is 3.12. The van der Waals surface area contributed by atoms with Gasteiger partial charge < -0.3 is 9.73 Å². The molecule has 0 aliphatic carbocycles. The maximum atomic E-state index is 14.5. The third kappa shape index (κ3) is 3.40. The first kappa shape index (κ1) is 19.6. The number of halogens is 2. The number of rotatable bonds is 5. The second kappa shape index (κ2) is 7.96. The smallest absolute Gasteiger partial charge is 0.279 e. The summed E-state index contributed by atoms with van der Waals surface area (Å²) in [5.74, 6) is -1.07. The number of fused-ring (bicyclic) bond motifs is 1. The molecule has 0 radical (unpaired) electrons. The molecule has 152 valence electrons. The highest BCUT2D eigenvalue weighted by atomic mass is 19.1. The third-order valence-electron chi connectivity index (χ3n) is 4.79. The van der Waals surface area contributed by atoms with Crippen LogP contribution in [0.5, 0.6) is 0 Å². The van der Waals surface area contributed by atoms with Gasteiger partial charge in [0, 0.05) is 40.9 Å². The number of hydrogen-bond donors (Lipinski definition) is 2. The lowest BCUT2D eigenvalue weighted by atomic mass is 9.98. The Bertz CT molecular complexity index is 1230. The van der Waals surface area contributed by atoms with Crippen LogP contribution in [-0.2, 0) is 4.84 Å². The van der Waals surface area contributed by atoms with Gasteiger partial charge >= 0.3 is 0 Å². The topological polar surface area (TPSA) is 63.5 Å². The van der Waals surface area contributed by atoms with Crippen molar-refractivity contribution in [2.45, 2.75) is 0 Å². The monoisotopic (exact) mass is 408 g/mol. The zero-order valence-electron chi connectivity index (χ0n) is 16.3. The normalized spacial score (nSPS) is 10.9. The summed E-state index contributed by atoms with van der Waals surface area (Å²) in [6, 6.07) is 15.4. The van der Waals surface area contributed by atoms with Gasteiger partial charge in [0.2, 0.25) is 0 Å². The van der Waals surface area contributed by atoms with E-state index in [-0.39, 0.29) is 11.3 Å². The van der Waals surface area contributed by atoms with Gasteiger partial charge in [-0.25, -0.2) is 14.3 Å². The van der Waals surface area contributed by atoms with Crippen LogP contribution in [0.25, 0.3) is 33.4 Å². The summed E-state index contributed by atoms with van der Waals surface area (Å²) < 4.78 is 33.9. The summed E-state index contributed by atoms with van der Waals surface area (Å²) in [7, 11) is 3.04. The lowest BCUT2D eigenvalue weighted by Crippen LogP contribution is -2.22. The minimum Gasteiger partial charge on any atom is -0.455 e. The van der Waals surface area contributed by atoms with E-state index in [2.05, 4.69) is 10.8 Å². The molecular weight excluding hydrogens is 390 g/mol. The summed E-state index contributed by atoms with van der Waals surface area (Å²) in [6.45, 7) is 0. The minimum absolute atomic E-state index is 0.207. The second-order valence-electron chi connectivity index (χ2n) is 6.57. The first-order valence-electron chi connectivity index (χ1n) is 9.16. The Kier molecular flexibility index (Phi) is 5.20. The number of nitrogens with one attached hydrogen (secondary N) is 2. The highest BCUT2D eigenvalue weighted by Crippen LogP contribution is 2.40. The van der Waals surface area contributed by atoms with Crippen molar-refractivity contribution in [2.75, 3.05) is 19.5 Å². The maximum Gasteiger partial charge on any atom is 0.279 e. The molecule has 7 heteroatoms. The molecule has 1 amide bonds. The standard InChI is InChI=1S/C23H18F2N2O3/c1-26-19-12-20-17(11-16(19)15-5-3-4-6-18(15)25)21(23(28)27-29-2)22(30-20)13-7-9-14(24)10-8-13/h3-12,26H,1-2H3,(H,27,28). The van der Waals surface area contributed by atoms with Crippen LogP contribution in [0.1, 0.15) is 10.4 Å². The van der Waals surface area contributed by atoms with Crippen molar-refractivity contribution in [3.8, 4) is 22.5 Å². The number of hydroxylamine groups is 1. The van der Waals surface area contributed by atoms with Gasteiger partial charge in [-0.15, -0.1) is 0 Å². The molecule has 5 nitrogen and oxygen atoms in total. The fourth-order valence-corrected chi connectivity index (χ4v) is 3.43. The summed E-state index contributed by atoms with van der Waals surface area (Å²) in [5, 5.41) is 3.52. The molecule has 0 saturated heterocycles. The van der Waals surface area contributed by atoms with Gasteiger partial charge in [-0.05, 0) is 36.4 Å². The summed E-state index contributed by atoms with van der Waals surface area (Å²) >= 11 is 0. The van der Waals surface area contributed by atoms with Gasteiger partial charge in [-0.3, -0.25) is 9.63 Å². The van der Waals surface area contributed by atoms with Crippen LogP contribution in [-0.4, -0.2) is 20.1 Å². The van der Waals surface area contributed by atoms with Gasteiger partial charge in [-0.2, -0.15) is 0 Å². The largest absolute Gasteiger partial charge is 0.455 e. The summed E-state index contributed by atoms with van der Waals surface area (Å²) in [5.41, 5.74) is 5.02. The fourth-order valence-electron chi connectivity index (χ4n) is 3.43. The van der Waals surface area contributed by atoms with E-state index in [1.54, 1.807) is 37.4 Å². The van der Waals surface area contributed by atoms with Gasteiger partial charge in [-0.1, -0.05) is 18.2 Å². The molecule has 0 saturated carbocycles. The number of carbonyl (C=O) groups is 1. The predicted molar refractivity (Wildman–Crippen MR) is 111 cm³/mol. The van der Waals surface area contributed by atoms with Crippen molar-refractivity contribution in [3.63, 3.8) is 0 Å². The Morgan fingerprint density at radius 2 is 1.73 bits per heavy atom. The molecular formula is C23H18F2N2O3. The van der Waals surface area contributed by atoms with E-state index in [0.717, 1.165) is 0 Å². The number of hydrogen-bond acceptors (Lipinski definition) is 4. The lowest BCUT2D eigenvalue weighted by Gasteiger charge is -2.11. The Labute approximate surface area is 171 Å². The van der Waals surface area contributed by atoms with Crippen molar-refractivity contribution in [2.24, 2.45) is 0 Å². The van der Waals surface area contributed by atoms with Crippen LogP contribution in [0, 0.1) is 11.6 Å². The molecule has 1 aromatic heterocycles. The molecule has 2 N–H and O–H groups in total. The van der Waals surface area contributed by atoms with E-state index < -0.39 is 17.5 Å². The number of furan rings is 1. The Balaban J connectivity index is 2.02. The third-order valence-corrected chi connectivity index (χ3v) is 4.79. The highest BCUT2D eigenvalue weighted by molar-refractivity contribution is 6.12. The van der Waals surface area contributed by atoms with Crippen LogP contribution < -0.4 is 10.8 Å². The van der Waals surface area contributed by atoms with E-state index in [9.17, 15) is 13.6 Å². The first-order valence-corrected chi connectivity index (χ1v) is 9.16. The first-order chi connectivity index (χ1) is 14.5. The van der Waals surface area contributed by atoms with Crippen molar-refractivity contribution >= 4 is 22.6 Å². The predicted octanol–water partition coefficient (Wildman–Crippen LogP) is 5.38. The molecule has 0 aliphatic heterocycles. The van der Waals surface area contributed by atoms with Crippen LogP contribution >= 0.6 is 0 Å². The van der Waals surface area contributed by atoms with Crippen molar-refractivity contribution in [1.82, 2.24) is 5.48 Å². The quantitative estimate of drug-likeness (QED) is 0.436. The average molecular weight is 408 g/mol. The van der Waals surface area contributed by atoms with E-state index in [0.29, 0.717) is 33.3 Å². The number of amides is 1. The molecule has 3 aromatic carbocycles. The van der Waals surface area contributed by atoms with E-state index in [1.165, 1.54) is 37.4 Å². The van der Waals surface area contributed by atoms with Crippen molar-refractivity contribution in [3.05, 3.63) is 77.9 Å². The second-order valence-corrected chi connectivity index (χ2v) is 6.57. The molecule has 4 rings (SSSR count). The van der Waals surface area contributed by atoms with Crippen LogP contribution in [0.4, 0.5) is 14.5 Å². The van der Waals surface area contributed by atoms with E-state index >= 15 is 0 Å². The molecule has 0 spiro atoms. The fraction of sp³-hybridized carbons (Fsp3) is 0.0870.